The largest absolute Gasteiger partial charge is 0.378 e. The van der Waals surface area contributed by atoms with Gasteiger partial charge in [0.25, 0.3) is 0 Å². The summed E-state index contributed by atoms with van der Waals surface area (Å²) in [5, 5.41) is 6.65. The number of thiazole rings is 1. The summed E-state index contributed by atoms with van der Waals surface area (Å²) >= 11 is 6.88. The number of nitrogens with one attached hydrogen (secondary N) is 1. The molecule has 1 aliphatic rings. The van der Waals surface area contributed by atoms with Gasteiger partial charge in [-0.3, -0.25) is 0 Å². The van der Waals surface area contributed by atoms with Crippen LogP contribution in [0.15, 0.2) is 21.3 Å². The lowest BCUT2D eigenvalue weighted by Gasteiger charge is -2.21. The second-order valence-electron chi connectivity index (χ2n) is 3.76. The van der Waals surface area contributed by atoms with E-state index in [0.29, 0.717) is 0 Å². The third-order valence-electron chi connectivity index (χ3n) is 2.57. The highest BCUT2D eigenvalue weighted by molar-refractivity contribution is 9.11. The van der Waals surface area contributed by atoms with Crippen molar-refractivity contribution in [2.45, 2.75) is 6.04 Å². The van der Waals surface area contributed by atoms with Gasteiger partial charge < -0.3 is 10.1 Å². The maximum atomic E-state index is 5.45. The van der Waals surface area contributed by atoms with E-state index in [1.807, 2.05) is 0 Å². The Morgan fingerprint density at radius 1 is 1.47 bits per heavy atom. The van der Waals surface area contributed by atoms with Crippen molar-refractivity contribution in [1.82, 2.24) is 10.3 Å². The lowest BCUT2D eigenvalue weighted by atomic mass is 10.3. The van der Waals surface area contributed by atoms with E-state index >= 15 is 0 Å². The van der Waals surface area contributed by atoms with E-state index in [0.717, 1.165) is 34.2 Å². The summed E-state index contributed by atoms with van der Waals surface area (Å²) in [5.74, 6) is 0. The van der Waals surface area contributed by atoms with Crippen LogP contribution in [0.3, 0.4) is 0 Å². The molecule has 1 aliphatic heterocycles. The minimum absolute atomic E-state index is 0.255. The van der Waals surface area contributed by atoms with Crippen molar-refractivity contribution in [2.75, 3.05) is 19.8 Å². The second-order valence-corrected chi connectivity index (χ2v) is 7.11. The first kappa shape index (κ1) is 11.8. The van der Waals surface area contributed by atoms with Gasteiger partial charge in [-0.25, -0.2) is 4.98 Å². The Hall–Kier alpha value is -0.270. The van der Waals surface area contributed by atoms with Gasteiger partial charge in [0.15, 0.2) is 0 Å². The average molecular weight is 331 g/mol. The first-order chi connectivity index (χ1) is 8.33. The molecule has 0 radical (unpaired) electrons. The number of aromatic nitrogens is 1. The number of nitrogens with zero attached hydrogens (tertiary/aromatic N) is 1. The molecular weight excluding hydrogens is 320 g/mol. The Bertz CT molecular complexity index is 505. The van der Waals surface area contributed by atoms with Crippen molar-refractivity contribution in [3.8, 4) is 10.6 Å². The van der Waals surface area contributed by atoms with E-state index in [1.165, 1.54) is 4.88 Å². The Labute approximate surface area is 116 Å². The lowest BCUT2D eigenvalue weighted by Crippen LogP contribution is -2.34. The minimum atomic E-state index is 0.255. The third kappa shape index (κ3) is 2.61. The highest BCUT2D eigenvalue weighted by Gasteiger charge is 2.19. The van der Waals surface area contributed by atoms with E-state index in [2.05, 4.69) is 43.7 Å². The van der Waals surface area contributed by atoms with Crippen molar-refractivity contribution >= 4 is 38.6 Å². The molecule has 2 aromatic heterocycles. The smallest absolute Gasteiger partial charge is 0.113 e. The lowest BCUT2D eigenvalue weighted by molar-refractivity contribution is 0.0768. The highest BCUT2D eigenvalue weighted by Crippen LogP contribution is 2.33. The van der Waals surface area contributed by atoms with E-state index in [-0.39, 0.29) is 6.04 Å². The van der Waals surface area contributed by atoms with Gasteiger partial charge in [0.2, 0.25) is 0 Å². The number of thiophene rings is 1. The molecular formula is C11H11BrN2OS2. The molecule has 1 unspecified atom stereocenters. The summed E-state index contributed by atoms with van der Waals surface area (Å²) in [5.41, 5.74) is 1.06. The van der Waals surface area contributed by atoms with Crippen LogP contribution in [0.5, 0.6) is 0 Å². The highest BCUT2D eigenvalue weighted by atomic mass is 79.9. The molecule has 6 heteroatoms. The molecule has 3 nitrogen and oxygen atoms in total. The van der Waals surface area contributed by atoms with Crippen LogP contribution in [-0.2, 0) is 4.74 Å². The summed E-state index contributed by atoms with van der Waals surface area (Å²) < 4.78 is 6.59. The van der Waals surface area contributed by atoms with Gasteiger partial charge in [-0.1, -0.05) is 0 Å². The van der Waals surface area contributed by atoms with Crippen LogP contribution >= 0.6 is 38.6 Å². The van der Waals surface area contributed by atoms with Crippen molar-refractivity contribution in [3.05, 3.63) is 26.3 Å². The topological polar surface area (TPSA) is 34.1 Å². The quantitative estimate of drug-likeness (QED) is 0.917. The fourth-order valence-corrected chi connectivity index (χ4v) is 4.04. The summed E-state index contributed by atoms with van der Waals surface area (Å²) in [7, 11) is 0. The third-order valence-corrected chi connectivity index (χ3v) is 5.17. The summed E-state index contributed by atoms with van der Waals surface area (Å²) in [6, 6.07) is 4.41. The zero-order chi connectivity index (χ0) is 11.7. The van der Waals surface area contributed by atoms with Gasteiger partial charge in [0, 0.05) is 11.9 Å². The summed E-state index contributed by atoms with van der Waals surface area (Å²) in [6.45, 7) is 2.43. The molecule has 2 aromatic rings. The van der Waals surface area contributed by atoms with E-state index in [4.69, 9.17) is 4.74 Å². The Morgan fingerprint density at radius 2 is 2.41 bits per heavy atom. The molecule has 0 bridgehead atoms. The Morgan fingerprint density at radius 3 is 3.12 bits per heavy atom. The monoisotopic (exact) mass is 330 g/mol. The summed E-state index contributed by atoms with van der Waals surface area (Å²) in [4.78, 5) is 5.89. The number of hydrogen-bond acceptors (Lipinski definition) is 5. The molecule has 0 amide bonds. The molecule has 0 spiro atoms. The zero-order valence-electron chi connectivity index (χ0n) is 8.98. The zero-order valence-corrected chi connectivity index (χ0v) is 12.2. The fraction of sp³-hybridized carbons (Fsp3) is 0.364. The first-order valence-electron chi connectivity index (χ1n) is 5.35. The Kier molecular flexibility index (Phi) is 3.58. The fourth-order valence-electron chi connectivity index (χ4n) is 1.74. The van der Waals surface area contributed by atoms with Crippen LogP contribution in [0.1, 0.15) is 11.0 Å². The average Bonchev–Trinajstić information content (AvgIpc) is 2.98. The molecule has 0 aliphatic carbocycles. The molecule has 1 atom stereocenters. The van der Waals surface area contributed by atoms with Crippen LogP contribution in [0.4, 0.5) is 0 Å². The van der Waals surface area contributed by atoms with Crippen LogP contribution in [-0.4, -0.2) is 24.7 Å². The molecule has 90 valence electrons. The molecule has 1 fully saturated rings. The molecule has 0 saturated carbocycles. The molecule has 0 aromatic carbocycles. The first-order valence-corrected chi connectivity index (χ1v) is 7.84. The van der Waals surface area contributed by atoms with Crippen molar-refractivity contribution in [2.24, 2.45) is 0 Å². The maximum Gasteiger partial charge on any atom is 0.113 e. The number of rotatable bonds is 2. The van der Waals surface area contributed by atoms with Crippen molar-refractivity contribution < 1.29 is 4.74 Å². The van der Waals surface area contributed by atoms with Crippen molar-refractivity contribution in [3.63, 3.8) is 0 Å². The van der Waals surface area contributed by atoms with Crippen LogP contribution in [0.2, 0.25) is 0 Å². The van der Waals surface area contributed by atoms with Gasteiger partial charge in [-0.2, -0.15) is 0 Å². The van der Waals surface area contributed by atoms with Crippen LogP contribution in [0.25, 0.3) is 10.6 Å². The number of ether oxygens (including phenoxy) is 1. The normalized spacial score (nSPS) is 20.6. The van der Waals surface area contributed by atoms with Crippen molar-refractivity contribution in [1.29, 1.82) is 0 Å². The van der Waals surface area contributed by atoms with Gasteiger partial charge in [0.05, 0.1) is 33.6 Å². The number of morpholine rings is 1. The molecule has 3 rings (SSSR count). The van der Waals surface area contributed by atoms with Crippen LogP contribution in [0, 0.1) is 0 Å². The molecule has 17 heavy (non-hydrogen) atoms. The SMILES string of the molecule is Brc1ccc(-c2csc(C3COCCN3)n2)s1. The number of halogens is 1. The molecule has 1 N–H and O–H groups in total. The van der Waals surface area contributed by atoms with E-state index in [9.17, 15) is 0 Å². The summed E-state index contributed by atoms with van der Waals surface area (Å²) in [6.07, 6.45) is 0. The standard InChI is InChI=1S/C11H11BrN2OS2/c12-10-2-1-9(17-10)8-6-16-11(14-8)7-5-15-4-3-13-7/h1-2,6-7,13H,3-5H2. The maximum absolute atomic E-state index is 5.45. The van der Waals surface area contributed by atoms with E-state index in [1.54, 1.807) is 22.7 Å². The minimum Gasteiger partial charge on any atom is -0.378 e. The van der Waals surface area contributed by atoms with Gasteiger partial charge in [-0.15, -0.1) is 22.7 Å². The number of hydrogen-bond donors (Lipinski definition) is 1. The Balaban J connectivity index is 1.82. The predicted octanol–water partition coefficient (Wildman–Crippen LogP) is 3.30. The van der Waals surface area contributed by atoms with Gasteiger partial charge in [-0.05, 0) is 28.1 Å². The van der Waals surface area contributed by atoms with Gasteiger partial charge in [0.1, 0.15) is 5.01 Å². The predicted molar refractivity (Wildman–Crippen MR) is 74.7 cm³/mol. The van der Waals surface area contributed by atoms with E-state index < -0.39 is 0 Å². The second kappa shape index (κ2) is 5.16. The van der Waals surface area contributed by atoms with Gasteiger partial charge >= 0.3 is 0 Å². The molecule has 3 heterocycles. The van der Waals surface area contributed by atoms with Crippen LogP contribution < -0.4 is 5.32 Å². The molecule has 1 saturated heterocycles.